The van der Waals surface area contributed by atoms with Crippen molar-refractivity contribution in [1.82, 2.24) is 14.2 Å². The zero-order valence-corrected chi connectivity index (χ0v) is 26.1. The van der Waals surface area contributed by atoms with Gasteiger partial charge >= 0.3 is 0 Å². The highest BCUT2D eigenvalue weighted by Gasteiger charge is 2.25. The highest BCUT2D eigenvalue weighted by molar-refractivity contribution is 7.89. The van der Waals surface area contributed by atoms with Gasteiger partial charge in [0, 0.05) is 32.2 Å². The molecule has 10 heteroatoms. The molecule has 4 rings (SSSR count). The summed E-state index contributed by atoms with van der Waals surface area (Å²) in [5.41, 5.74) is 4.55. The average molecular weight is 601 g/mol. The van der Waals surface area contributed by atoms with Gasteiger partial charge in [-0.3, -0.25) is 9.69 Å². The summed E-state index contributed by atoms with van der Waals surface area (Å²) >= 11 is 1.50. The van der Waals surface area contributed by atoms with Gasteiger partial charge in [-0.1, -0.05) is 55.5 Å². The van der Waals surface area contributed by atoms with Crippen LogP contribution in [0.25, 0.3) is 10.2 Å². The number of carbonyl (C=O) groups excluding carboxylic acids is 1. The number of sulfonamides is 1. The molecule has 1 amide bonds. The van der Waals surface area contributed by atoms with E-state index in [4.69, 9.17) is 4.98 Å². The number of anilines is 1. The van der Waals surface area contributed by atoms with Gasteiger partial charge in [-0.25, -0.2) is 13.4 Å². The van der Waals surface area contributed by atoms with Gasteiger partial charge in [0.1, 0.15) is 0 Å². The van der Waals surface area contributed by atoms with E-state index in [1.165, 1.54) is 33.3 Å². The molecule has 0 aliphatic carbocycles. The van der Waals surface area contributed by atoms with Crippen molar-refractivity contribution < 1.29 is 13.2 Å². The lowest BCUT2D eigenvalue weighted by Crippen LogP contribution is -2.38. The molecule has 1 heterocycles. The lowest BCUT2D eigenvalue weighted by molar-refractivity contribution is 0.0983. The number of hydrogen-bond acceptors (Lipinski definition) is 6. The van der Waals surface area contributed by atoms with E-state index in [1.807, 2.05) is 30.3 Å². The first-order chi connectivity index (χ1) is 18.6. The number of aryl methyl sites for hydroxylation is 2. The summed E-state index contributed by atoms with van der Waals surface area (Å²) in [6.45, 7) is 11.6. The molecule has 40 heavy (non-hydrogen) atoms. The molecule has 0 fully saturated rings. The van der Waals surface area contributed by atoms with Gasteiger partial charge in [0.15, 0.2) is 5.13 Å². The van der Waals surface area contributed by atoms with Crippen LogP contribution in [0.4, 0.5) is 5.13 Å². The summed E-state index contributed by atoms with van der Waals surface area (Å²) in [7, 11) is -2.15. The number of carbonyl (C=O) groups is 1. The van der Waals surface area contributed by atoms with Gasteiger partial charge in [0.2, 0.25) is 10.0 Å². The molecular formula is C30H37ClN4O3S2. The zero-order chi connectivity index (χ0) is 28.2. The number of benzene rings is 3. The molecule has 0 unspecified atom stereocenters. The van der Waals surface area contributed by atoms with Crippen LogP contribution in [0, 0.1) is 13.8 Å². The first-order valence-corrected chi connectivity index (χ1v) is 15.4. The Kier molecular flexibility index (Phi) is 10.9. The number of likely N-dealkylation sites (N-methyl/N-ethyl adjacent to an activating group) is 1. The Labute approximate surface area is 247 Å². The number of fused-ring (bicyclic) bond motifs is 1. The second kappa shape index (κ2) is 13.7. The Morgan fingerprint density at radius 2 is 1.52 bits per heavy atom. The van der Waals surface area contributed by atoms with E-state index in [0.717, 1.165) is 34.4 Å². The summed E-state index contributed by atoms with van der Waals surface area (Å²) in [5.74, 6) is -0.198. The topological polar surface area (TPSA) is 73.8 Å². The molecule has 0 bridgehead atoms. The van der Waals surface area contributed by atoms with Gasteiger partial charge < -0.3 is 4.90 Å². The van der Waals surface area contributed by atoms with Crippen molar-refractivity contribution in [2.45, 2.75) is 39.1 Å². The number of thiazole rings is 1. The van der Waals surface area contributed by atoms with Crippen LogP contribution in [0.2, 0.25) is 0 Å². The Balaban J connectivity index is 0.00000441. The molecule has 214 valence electrons. The Morgan fingerprint density at radius 1 is 0.900 bits per heavy atom. The second-order valence-electron chi connectivity index (χ2n) is 9.66. The normalized spacial score (nSPS) is 11.7. The summed E-state index contributed by atoms with van der Waals surface area (Å²) < 4.78 is 28.7. The number of aromatic nitrogens is 1. The molecule has 0 spiro atoms. The Bertz CT molecular complexity index is 1500. The number of halogens is 1. The van der Waals surface area contributed by atoms with Crippen LogP contribution in [0.15, 0.2) is 71.6 Å². The van der Waals surface area contributed by atoms with E-state index in [2.05, 4.69) is 44.7 Å². The predicted octanol–water partition coefficient (Wildman–Crippen LogP) is 6.14. The standard InChI is InChI=1S/C30H36N4O3S2.ClH/c1-6-33(7-2)17-18-34(30-31-27-19-22(3)23(4)20-28(27)38-30)29(35)25-13-15-26(16-14-25)39(36,37)32(5)21-24-11-9-8-10-12-24;/h8-16,19-20H,6-7,17-18,21H2,1-5H3;1H. The third-order valence-electron chi connectivity index (χ3n) is 7.06. The van der Waals surface area contributed by atoms with Gasteiger partial charge in [0.05, 0.1) is 15.1 Å². The molecule has 0 radical (unpaired) electrons. The van der Waals surface area contributed by atoms with Crippen molar-refractivity contribution >= 4 is 55.0 Å². The van der Waals surface area contributed by atoms with Crippen molar-refractivity contribution in [3.8, 4) is 0 Å². The highest BCUT2D eigenvalue weighted by Crippen LogP contribution is 2.32. The predicted molar refractivity (Wildman–Crippen MR) is 167 cm³/mol. The maximum atomic E-state index is 13.8. The number of hydrogen-bond donors (Lipinski definition) is 0. The van der Waals surface area contributed by atoms with E-state index in [9.17, 15) is 13.2 Å². The number of rotatable bonds is 11. The fraction of sp³-hybridized carbons (Fsp3) is 0.333. The van der Waals surface area contributed by atoms with Gasteiger partial charge in [0.25, 0.3) is 5.91 Å². The SMILES string of the molecule is CCN(CC)CCN(C(=O)c1ccc(S(=O)(=O)N(C)Cc2ccccc2)cc1)c1nc2cc(C)c(C)cc2s1.Cl. The Morgan fingerprint density at radius 3 is 2.15 bits per heavy atom. The third kappa shape index (κ3) is 7.08. The lowest BCUT2D eigenvalue weighted by atomic mass is 10.1. The Hall–Kier alpha value is -2.82. The van der Waals surface area contributed by atoms with Crippen LogP contribution in [0.5, 0.6) is 0 Å². The van der Waals surface area contributed by atoms with Crippen LogP contribution in [-0.4, -0.2) is 61.7 Å². The van der Waals surface area contributed by atoms with E-state index >= 15 is 0 Å². The van der Waals surface area contributed by atoms with Crippen LogP contribution in [0.1, 0.15) is 40.9 Å². The molecule has 0 saturated carbocycles. The van der Waals surface area contributed by atoms with E-state index in [1.54, 1.807) is 24.1 Å². The van der Waals surface area contributed by atoms with Crippen molar-refractivity contribution in [2.75, 3.05) is 38.1 Å². The molecule has 3 aromatic carbocycles. The smallest absolute Gasteiger partial charge is 0.260 e. The third-order valence-corrected chi connectivity index (χ3v) is 9.92. The highest BCUT2D eigenvalue weighted by atomic mass is 35.5. The minimum absolute atomic E-state index is 0. The van der Waals surface area contributed by atoms with Gasteiger partial charge in [-0.05, 0) is 80.0 Å². The quantitative estimate of drug-likeness (QED) is 0.207. The summed E-state index contributed by atoms with van der Waals surface area (Å²) in [6.07, 6.45) is 0. The maximum absolute atomic E-state index is 13.8. The van der Waals surface area contributed by atoms with Gasteiger partial charge in [-0.15, -0.1) is 12.4 Å². The number of nitrogens with zero attached hydrogens (tertiary/aromatic N) is 4. The first kappa shape index (κ1) is 31.7. The van der Waals surface area contributed by atoms with Crippen molar-refractivity contribution in [3.63, 3.8) is 0 Å². The maximum Gasteiger partial charge on any atom is 0.260 e. The molecule has 0 N–H and O–H groups in total. The van der Waals surface area contributed by atoms with Crippen LogP contribution in [0.3, 0.4) is 0 Å². The second-order valence-corrected chi connectivity index (χ2v) is 12.7. The van der Waals surface area contributed by atoms with E-state index in [0.29, 0.717) is 23.8 Å². The number of amides is 1. The molecule has 0 saturated heterocycles. The van der Waals surface area contributed by atoms with Crippen molar-refractivity contribution in [3.05, 3.63) is 89.0 Å². The summed E-state index contributed by atoms with van der Waals surface area (Å²) in [5, 5.41) is 0.645. The fourth-order valence-electron chi connectivity index (χ4n) is 4.38. The lowest BCUT2D eigenvalue weighted by Gasteiger charge is -2.25. The molecule has 7 nitrogen and oxygen atoms in total. The molecule has 0 atom stereocenters. The van der Waals surface area contributed by atoms with E-state index < -0.39 is 10.0 Å². The fourth-order valence-corrected chi connectivity index (χ4v) is 6.61. The average Bonchev–Trinajstić information content (AvgIpc) is 3.33. The molecule has 0 aliphatic heterocycles. The van der Waals surface area contributed by atoms with Crippen LogP contribution >= 0.6 is 23.7 Å². The molecular weight excluding hydrogens is 564 g/mol. The monoisotopic (exact) mass is 600 g/mol. The molecule has 4 aromatic rings. The van der Waals surface area contributed by atoms with Gasteiger partial charge in [-0.2, -0.15) is 4.31 Å². The first-order valence-electron chi connectivity index (χ1n) is 13.2. The van der Waals surface area contributed by atoms with Crippen molar-refractivity contribution in [2.24, 2.45) is 0 Å². The molecule has 0 aliphatic rings. The summed E-state index contributed by atoms with van der Waals surface area (Å²) in [6, 6.07) is 19.8. The van der Waals surface area contributed by atoms with Crippen LogP contribution in [-0.2, 0) is 16.6 Å². The summed E-state index contributed by atoms with van der Waals surface area (Å²) in [4.78, 5) is 22.7. The van der Waals surface area contributed by atoms with Crippen LogP contribution < -0.4 is 4.90 Å². The minimum atomic E-state index is -3.71. The van der Waals surface area contributed by atoms with E-state index in [-0.39, 0.29) is 29.8 Å². The molecule has 1 aromatic heterocycles. The van der Waals surface area contributed by atoms with Crippen molar-refractivity contribution in [1.29, 1.82) is 0 Å². The zero-order valence-electron chi connectivity index (χ0n) is 23.6. The minimum Gasteiger partial charge on any atom is -0.302 e. The largest absolute Gasteiger partial charge is 0.302 e.